The third-order valence-electron chi connectivity index (χ3n) is 2.64. The molecule has 17 heavy (non-hydrogen) atoms. The van der Waals surface area contributed by atoms with Gasteiger partial charge >= 0.3 is 0 Å². The minimum atomic E-state index is -1.15. The first-order valence-electron chi connectivity index (χ1n) is 4.98. The minimum Gasteiger partial charge on any atom is -0.394 e. The van der Waals surface area contributed by atoms with Crippen molar-refractivity contribution in [2.75, 3.05) is 6.61 Å². The molecule has 1 aliphatic heterocycles. The van der Waals surface area contributed by atoms with E-state index in [1.54, 1.807) is 12.3 Å². The molecule has 1 aromatic heterocycles. The molecule has 1 aliphatic rings. The molecule has 8 heteroatoms. The molecule has 2 unspecified atom stereocenters. The van der Waals surface area contributed by atoms with Gasteiger partial charge in [-0.2, -0.15) is 0 Å². The van der Waals surface area contributed by atoms with E-state index in [0.29, 0.717) is 4.64 Å². The van der Waals surface area contributed by atoms with Crippen LogP contribution < -0.4 is 0 Å². The fraction of sp³-hybridized carbons (Fsp3) is 0.556. The lowest BCUT2D eigenvalue weighted by atomic mass is 10.1. The monoisotopic (exact) mass is 276 g/mol. The van der Waals surface area contributed by atoms with E-state index in [1.807, 2.05) is 0 Å². The van der Waals surface area contributed by atoms with Crippen molar-refractivity contribution in [2.45, 2.75) is 24.5 Å². The topological polar surface area (TPSA) is 90.6 Å². The number of aromatic amines is 1. The van der Waals surface area contributed by atoms with Crippen LogP contribution in [0.3, 0.4) is 0 Å². The Hall–Kier alpha value is -0.640. The Morgan fingerprint density at radius 2 is 2.06 bits per heavy atom. The standard InChI is InChI=1S/C9H12N2O4S2/c12-3-4-6(13)7(14)8(15-4)11-2-1-5(16)10-9(11)17/h1-2,4,6-8,12-14H,3H2,(H,10,16,17)/t4-,6?,7?,8-/m0/s1. The molecule has 2 heterocycles. The Bertz CT molecular complexity index is 514. The third-order valence-corrected chi connectivity index (χ3v) is 3.19. The van der Waals surface area contributed by atoms with Gasteiger partial charge in [0, 0.05) is 6.20 Å². The lowest BCUT2D eigenvalue weighted by Crippen LogP contribution is -2.33. The molecule has 0 saturated carbocycles. The summed E-state index contributed by atoms with van der Waals surface area (Å²) in [5.41, 5.74) is 0. The highest BCUT2D eigenvalue weighted by Crippen LogP contribution is 2.28. The van der Waals surface area contributed by atoms with Gasteiger partial charge in [0.15, 0.2) is 11.0 Å². The van der Waals surface area contributed by atoms with E-state index < -0.39 is 24.5 Å². The smallest absolute Gasteiger partial charge is 0.180 e. The summed E-state index contributed by atoms with van der Waals surface area (Å²) >= 11 is 9.95. The number of hydrogen-bond donors (Lipinski definition) is 4. The van der Waals surface area contributed by atoms with Crippen LogP contribution in [-0.4, -0.2) is 49.8 Å². The van der Waals surface area contributed by atoms with Crippen LogP contribution in [0.25, 0.3) is 0 Å². The summed E-state index contributed by atoms with van der Waals surface area (Å²) in [6.45, 7) is -0.370. The van der Waals surface area contributed by atoms with E-state index in [1.165, 1.54) is 4.57 Å². The summed E-state index contributed by atoms with van der Waals surface area (Å²) in [6, 6.07) is 1.60. The van der Waals surface area contributed by atoms with Crippen LogP contribution in [0.1, 0.15) is 6.23 Å². The Kier molecular flexibility index (Phi) is 3.71. The first kappa shape index (κ1) is 12.8. The first-order chi connectivity index (χ1) is 8.04. The van der Waals surface area contributed by atoms with Crippen molar-refractivity contribution in [2.24, 2.45) is 0 Å². The predicted octanol–water partition coefficient (Wildman–Crippen LogP) is -0.113. The second-order valence-corrected chi connectivity index (χ2v) is 4.57. The number of aliphatic hydroxyl groups is 3. The molecule has 6 nitrogen and oxygen atoms in total. The van der Waals surface area contributed by atoms with Gasteiger partial charge in [0.2, 0.25) is 0 Å². The van der Waals surface area contributed by atoms with Gasteiger partial charge in [0.1, 0.15) is 23.0 Å². The molecule has 0 amide bonds. The molecule has 1 fully saturated rings. The Balaban J connectivity index is 2.35. The van der Waals surface area contributed by atoms with Crippen molar-refractivity contribution in [3.05, 3.63) is 21.7 Å². The fourth-order valence-corrected chi connectivity index (χ4v) is 2.23. The lowest BCUT2D eigenvalue weighted by Gasteiger charge is -2.18. The SMILES string of the molecule is OC[C@@H]1O[C@H](n2ccc(=S)[nH]c2=S)C(O)C1O. The number of nitrogens with zero attached hydrogens (tertiary/aromatic N) is 1. The van der Waals surface area contributed by atoms with Gasteiger partial charge in [0.05, 0.1) is 6.61 Å². The van der Waals surface area contributed by atoms with Crippen LogP contribution >= 0.6 is 24.4 Å². The van der Waals surface area contributed by atoms with Crippen molar-refractivity contribution in [1.82, 2.24) is 9.55 Å². The van der Waals surface area contributed by atoms with E-state index in [0.717, 1.165) is 0 Å². The molecule has 2 rings (SSSR count). The average molecular weight is 276 g/mol. The van der Waals surface area contributed by atoms with Gasteiger partial charge in [-0.1, -0.05) is 12.2 Å². The molecule has 4 atom stereocenters. The van der Waals surface area contributed by atoms with Crippen LogP contribution in [-0.2, 0) is 4.74 Å². The molecular weight excluding hydrogens is 264 g/mol. The van der Waals surface area contributed by atoms with E-state index >= 15 is 0 Å². The van der Waals surface area contributed by atoms with E-state index in [2.05, 4.69) is 4.98 Å². The van der Waals surface area contributed by atoms with Crippen LogP contribution in [0.2, 0.25) is 0 Å². The van der Waals surface area contributed by atoms with Gasteiger partial charge < -0.3 is 25.0 Å². The molecule has 0 aliphatic carbocycles. The highest BCUT2D eigenvalue weighted by atomic mass is 32.1. The van der Waals surface area contributed by atoms with Crippen LogP contribution in [0.4, 0.5) is 0 Å². The second kappa shape index (κ2) is 4.92. The van der Waals surface area contributed by atoms with Gasteiger partial charge in [-0.25, -0.2) is 0 Å². The molecule has 4 N–H and O–H groups in total. The van der Waals surface area contributed by atoms with Crippen molar-refractivity contribution >= 4 is 24.4 Å². The summed E-state index contributed by atoms with van der Waals surface area (Å²) in [5, 5.41) is 28.4. The summed E-state index contributed by atoms with van der Waals surface area (Å²) < 4.78 is 7.54. The third kappa shape index (κ3) is 2.32. The minimum absolute atomic E-state index is 0.285. The molecule has 1 saturated heterocycles. The largest absolute Gasteiger partial charge is 0.394 e. The summed E-state index contributed by atoms with van der Waals surface area (Å²) in [7, 11) is 0. The van der Waals surface area contributed by atoms with Gasteiger partial charge in [0.25, 0.3) is 0 Å². The highest BCUT2D eigenvalue weighted by molar-refractivity contribution is 7.72. The molecule has 0 bridgehead atoms. The van der Waals surface area contributed by atoms with Crippen molar-refractivity contribution in [1.29, 1.82) is 0 Å². The van der Waals surface area contributed by atoms with E-state index in [9.17, 15) is 10.2 Å². The molecule has 0 spiro atoms. The number of rotatable bonds is 2. The van der Waals surface area contributed by atoms with Crippen molar-refractivity contribution in [3.63, 3.8) is 0 Å². The fourth-order valence-electron chi connectivity index (χ4n) is 1.74. The zero-order valence-corrected chi connectivity index (χ0v) is 10.3. The summed E-state index contributed by atoms with van der Waals surface area (Å²) in [4.78, 5) is 2.74. The maximum absolute atomic E-state index is 9.81. The van der Waals surface area contributed by atoms with E-state index in [4.69, 9.17) is 34.3 Å². The number of nitrogens with one attached hydrogen (secondary N) is 1. The van der Waals surface area contributed by atoms with Crippen LogP contribution in [0.15, 0.2) is 12.3 Å². The summed E-state index contributed by atoms with van der Waals surface area (Å²) in [6.07, 6.45) is -2.37. The Morgan fingerprint density at radius 1 is 1.35 bits per heavy atom. The first-order valence-corrected chi connectivity index (χ1v) is 5.80. The van der Waals surface area contributed by atoms with E-state index in [-0.39, 0.29) is 11.4 Å². The Labute approximate surface area is 107 Å². The summed E-state index contributed by atoms with van der Waals surface area (Å²) in [5.74, 6) is 0. The number of ether oxygens (including phenoxy) is 1. The maximum Gasteiger partial charge on any atom is 0.180 e. The molecule has 94 valence electrons. The highest BCUT2D eigenvalue weighted by Gasteiger charge is 2.43. The molecule has 0 radical (unpaired) electrons. The molecular formula is C9H12N2O4S2. The zero-order valence-electron chi connectivity index (χ0n) is 8.68. The average Bonchev–Trinajstić information content (AvgIpc) is 2.57. The lowest BCUT2D eigenvalue weighted by molar-refractivity contribution is -0.0541. The maximum atomic E-state index is 9.81. The predicted molar refractivity (Wildman–Crippen MR) is 63.5 cm³/mol. The zero-order chi connectivity index (χ0) is 12.6. The second-order valence-electron chi connectivity index (χ2n) is 3.75. The normalized spacial score (nSPS) is 32.9. The Morgan fingerprint density at radius 3 is 2.59 bits per heavy atom. The van der Waals surface area contributed by atoms with Crippen molar-refractivity contribution < 1.29 is 20.1 Å². The number of aromatic nitrogens is 2. The van der Waals surface area contributed by atoms with Crippen molar-refractivity contribution in [3.8, 4) is 0 Å². The quantitative estimate of drug-likeness (QED) is 0.563. The molecule has 1 aromatic rings. The van der Waals surface area contributed by atoms with Gasteiger partial charge in [-0.3, -0.25) is 4.57 Å². The molecule has 0 aromatic carbocycles. The number of H-pyrrole nitrogens is 1. The van der Waals surface area contributed by atoms with Gasteiger partial charge in [-0.05, 0) is 18.3 Å². The van der Waals surface area contributed by atoms with Gasteiger partial charge in [-0.15, -0.1) is 0 Å². The number of hydrogen-bond acceptors (Lipinski definition) is 6. The van der Waals surface area contributed by atoms with Crippen LogP contribution in [0.5, 0.6) is 0 Å². The number of aliphatic hydroxyl groups excluding tert-OH is 3. The van der Waals surface area contributed by atoms with Crippen LogP contribution in [0, 0.1) is 9.41 Å².